The van der Waals surface area contributed by atoms with Gasteiger partial charge in [-0.05, 0) is 38.3 Å². The highest BCUT2D eigenvalue weighted by Gasteiger charge is 2.36. The Morgan fingerprint density at radius 1 is 1.13 bits per heavy atom. The van der Waals surface area contributed by atoms with Crippen LogP contribution in [-0.4, -0.2) is 83.6 Å². The molecule has 8 nitrogen and oxygen atoms in total. The molecule has 0 saturated carbocycles. The molecular formula is C22H32IN5O3. The van der Waals surface area contributed by atoms with E-state index in [4.69, 9.17) is 4.74 Å². The lowest BCUT2D eigenvalue weighted by Gasteiger charge is -2.39. The van der Waals surface area contributed by atoms with Crippen LogP contribution in [0.5, 0.6) is 0 Å². The van der Waals surface area contributed by atoms with E-state index in [1.807, 2.05) is 31.7 Å². The van der Waals surface area contributed by atoms with Crippen molar-refractivity contribution in [1.82, 2.24) is 20.0 Å². The number of halogens is 1. The van der Waals surface area contributed by atoms with Crippen molar-refractivity contribution in [3.63, 3.8) is 0 Å². The number of aliphatic imine (C=N–C) groups is 1. The van der Waals surface area contributed by atoms with Gasteiger partial charge < -0.3 is 24.8 Å². The molecule has 1 unspecified atom stereocenters. The Balaban J connectivity index is 0.00000272. The van der Waals surface area contributed by atoms with Crippen LogP contribution in [0.1, 0.15) is 31.9 Å². The van der Waals surface area contributed by atoms with Crippen LogP contribution >= 0.6 is 24.0 Å². The van der Waals surface area contributed by atoms with E-state index in [-0.39, 0.29) is 48.6 Å². The van der Waals surface area contributed by atoms with Crippen molar-refractivity contribution in [3.05, 3.63) is 35.4 Å². The first-order valence-electron chi connectivity index (χ1n) is 10.7. The number of piperazine rings is 1. The van der Waals surface area contributed by atoms with Crippen molar-refractivity contribution in [1.29, 1.82) is 0 Å². The van der Waals surface area contributed by atoms with Gasteiger partial charge in [-0.2, -0.15) is 0 Å². The molecule has 1 fully saturated rings. The standard InChI is InChI=1S/C22H31N5O3.HI/c1-22(2,3)30-21(29)26-10-11-27-18(15-26)12-23-20(27)24-13-19(28)25-9-8-16-6-4-5-7-17(16)14-25;/h4-7,18H,8-15H2,1-3H3,(H,23,24);1H. The summed E-state index contributed by atoms with van der Waals surface area (Å²) in [5.74, 6) is 0.845. The van der Waals surface area contributed by atoms with Gasteiger partial charge in [0.25, 0.3) is 0 Å². The lowest BCUT2D eigenvalue weighted by molar-refractivity contribution is -0.130. The third-order valence-electron chi connectivity index (χ3n) is 5.74. The zero-order chi connectivity index (χ0) is 21.3. The minimum absolute atomic E-state index is 0. The molecule has 0 aliphatic carbocycles. The van der Waals surface area contributed by atoms with Crippen molar-refractivity contribution >= 4 is 41.9 Å². The summed E-state index contributed by atoms with van der Waals surface area (Å²) in [5, 5.41) is 3.23. The van der Waals surface area contributed by atoms with Gasteiger partial charge in [-0.25, -0.2) is 4.79 Å². The first kappa shape index (κ1) is 23.6. The van der Waals surface area contributed by atoms with E-state index >= 15 is 0 Å². The van der Waals surface area contributed by atoms with Gasteiger partial charge in [0.2, 0.25) is 5.91 Å². The third-order valence-corrected chi connectivity index (χ3v) is 5.74. The minimum atomic E-state index is -0.498. The van der Waals surface area contributed by atoms with Gasteiger partial charge in [0.1, 0.15) is 5.60 Å². The van der Waals surface area contributed by atoms with Gasteiger partial charge in [0, 0.05) is 32.7 Å². The van der Waals surface area contributed by atoms with Crippen molar-refractivity contribution < 1.29 is 14.3 Å². The quantitative estimate of drug-likeness (QED) is 0.581. The van der Waals surface area contributed by atoms with Crippen LogP contribution in [0, 0.1) is 0 Å². The normalized spacial score (nSPS) is 20.3. The van der Waals surface area contributed by atoms with Gasteiger partial charge in [-0.15, -0.1) is 24.0 Å². The molecule has 3 aliphatic heterocycles. The number of nitrogens with zero attached hydrogens (tertiary/aromatic N) is 4. The number of benzene rings is 1. The fourth-order valence-electron chi connectivity index (χ4n) is 4.20. The van der Waals surface area contributed by atoms with Gasteiger partial charge in [0.05, 0.1) is 19.1 Å². The summed E-state index contributed by atoms with van der Waals surface area (Å²) in [5.41, 5.74) is 2.07. The molecule has 0 aromatic heterocycles. The first-order valence-corrected chi connectivity index (χ1v) is 10.7. The molecule has 1 aromatic rings. The molecule has 4 rings (SSSR count). The van der Waals surface area contributed by atoms with Gasteiger partial charge in [-0.1, -0.05) is 24.3 Å². The summed E-state index contributed by atoms with van der Waals surface area (Å²) >= 11 is 0. The Hall–Kier alpha value is -2.04. The van der Waals surface area contributed by atoms with E-state index in [9.17, 15) is 9.59 Å². The molecule has 0 bridgehead atoms. The molecule has 1 atom stereocenters. The highest BCUT2D eigenvalue weighted by molar-refractivity contribution is 14.0. The maximum Gasteiger partial charge on any atom is 0.410 e. The Kier molecular flexibility index (Phi) is 7.33. The maximum absolute atomic E-state index is 12.7. The van der Waals surface area contributed by atoms with Gasteiger partial charge in [0.15, 0.2) is 5.96 Å². The van der Waals surface area contributed by atoms with Gasteiger partial charge in [-0.3, -0.25) is 9.79 Å². The second-order valence-corrected chi connectivity index (χ2v) is 9.13. The van der Waals surface area contributed by atoms with E-state index in [1.54, 1.807) is 4.90 Å². The largest absolute Gasteiger partial charge is 0.444 e. The minimum Gasteiger partial charge on any atom is -0.444 e. The summed E-state index contributed by atoms with van der Waals surface area (Å²) < 4.78 is 5.49. The number of ether oxygens (including phenoxy) is 1. The van der Waals surface area contributed by atoms with Crippen LogP contribution in [0.3, 0.4) is 0 Å². The molecule has 0 radical (unpaired) electrons. The number of hydrogen-bond acceptors (Lipinski definition) is 6. The van der Waals surface area contributed by atoms with Crippen LogP contribution in [0.15, 0.2) is 29.3 Å². The Morgan fingerprint density at radius 3 is 2.61 bits per heavy atom. The van der Waals surface area contributed by atoms with E-state index < -0.39 is 5.60 Å². The molecule has 3 heterocycles. The molecule has 1 saturated heterocycles. The number of hydrogen-bond donors (Lipinski definition) is 1. The van der Waals surface area contributed by atoms with Crippen molar-refractivity contribution in [3.8, 4) is 0 Å². The zero-order valence-corrected chi connectivity index (χ0v) is 20.8. The molecule has 0 spiro atoms. The molecule has 3 aliphatic rings. The van der Waals surface area contributed by atoms with Crippen LogP contribution in [0.2, 0.25) is 0 Å². The molecular weight excluding hydrogens is 509 g/mol. The number of carbonyl (C=O) groups is 2. The lowest BCUT2D eigenvalue weighted by atomic mass is 10.00. The maximum atomic E-state index is 12.7. The number of rotatable bonds is 2. The summed E-state index contributed by atoms with van der Waals surface area (Å²) in [6, 6.07) is 8.44. The molecule has 1 N–H and O–H groups in total. The monoisotopic (exact) mass is 541 g/mol. The van der Waals surface area contributed by atoms with Gasteiger partial charge >= 0.3 is 6.09 Å². The Morgan fingerprint density at radius 2 is 1.87 bits per heavy atom. The topological polar surface area (TPSA) is 77.5 Å². The molecule has 9 heteroatoms. The number of nitrogens with one attached hydrogen (secondary N) is 1. The highest BCUT2D eigenvalue weighted by atomic mass is 127. The number of fused-ring (bicyclic) bond motifs is 2. The predicted molar refractivity (Wildman–Crippen MR) is 130 cm³/mol. The van der Waals surface area contributed by atoms with E-state index in [1.165, 1.54) is 11.1 Å². The summed E-state index contributed by atoms with van der Waals surface area (Å²) in [6.45, 7) is 9.75. The van der Waals surface area contributed by atoms with Crippen LogP contribution < -0.4 is 5.32 Å². The number of carbonyl (C=O) groups excluding carboxylic acids is 2. The number of guanidine groups is 1. The fourth-order valence-corrected chi connectivity index (χ4v) is 4.20. The van der Waals surface area contributed by atoms with Crippen LogP contribution in [0.4, 0.5) is 4.79 Å². The molecule has 1 aromatic carbocycles. The molecule has 170 valence electrons. The van der Waals surface area contributed by atoms with Crippen molar-refractivity contribution in [2.24, 2.45) is 4.99 Å². The predicted octanol–water partition coefficient (Wildman–Crippen LogP) is 2.07. The molecule has 31 heavy (non-hydrogen) atoms. The average Bonchev–Trinajstić information content (AvgIpc) is 3.12. The Bertz CT molecular complexity index is 854. The SMILES string of the molecule is CC(C)(C)OC(=O)N1CCN2C(NCC(=O)N3CCc4ccccc4C3)=NCC2C1.I. The second-order valence-electron chi connectivity index (χ2n) is 9.13. The number of amides is 2. The highest BCUT2D eigenvalue weighted by Crippen LogP contribution is 2.20. The lowest BCUT2D eigenvalue weighted by Crippen LogP contribution is -2.58. The van der Waals surface area contributed by atoms with Crippen LogP contribution in [0.25, 0.3) is 0 Å². The smallest absolute Gasteiger partial charge is 0.410 e. The Labute approximate surface area is 201 Å². The first-order chi connectivity index (χ1) is 14.3. The zero-order valence-electron chi connectivity index (χ0n) is 18.5. The van der Waals surface area contributed by atoms with E-state index in [0.29, 0.717) is 32.7 Å². The van der Waals surface area contributed by atoms with Crippen LogP contribution in [-0.2, 0) is 22.5 Å². The van der Waals surface area contributed by atoms with Crippen molar-refractivity contribution in [2.45, 2.75) is 45.4 Å². The third kappa shape index (κ3) is 5.61. The summed E-state index contributed by atoms with van der Waals surface area (Å²) in [4.78, 5) is 35.5. The average molecular weight is 541 g/mol. The fraction of sp³-hybridized carbons (Fsp3) is 0.591. The van der Waals surface area contributed by atoms with Crippen molar-refractivity contribution in [2.75, 3.05) is 39.3 Å². The van der Waals surface area contributed by atoms with E-state index in [0.717, 1.165) is 18.9 Å². The summed E-state index contributed by atoms with van der Waals surface area (Å²) in [7, 11) is 0. The second kappa shape index (κ2) is 9.62. The summed E-state index contributed by atoms with van der Waals surface area (Å²) in [6.07, 6.45) is 0.626. The van der Waals surface area contributed by atoms with E-state index in [2.05, 4.69) is 33.4 Å². The molecule has 2 amide bonds.